The van der Waals surface area contributed by atoms with E-state index < -0.39 is 0 Å². The van der Waals surface area contributed by atoms with Crippen LogP contribution in [-0.2, 0) is 4.74 Å². The first-order valence-corrected chi connectivity index (χ1v) is 4.73. The van der Waals surface area contributed by atoms with E-state index in [9.17, 15) is 4.79 Å². The maximum Gasteiger partial charge on any atom is 0.337 e. The molecule has 0 spiro atoms. The average Bonchev–Trinajstić information content (AvgIpc) is 2.29. The second-order valence-electron chi connectivity index (χ2n) is 3.03. The smallest absolute Gasteiger partial charge is 0.337 e. The van der Waals surface area contributed by atoms with Crippen molar-refractivity contribution in [2.45, 2.75) is 6.42 Å². The molecule has 0 saturated heterocycles. The molecule has 0 aliphatic heterocycles. The molecule has 1 rings (SSSR count). The normalized spacial score (nSPS) is 10.5. The lowest BCUT2D eigenvalue weighted by Crippen LogP contribution is -2.00. The molecule has 0 fully saturated rings. The summed E-state index contributed by atoms with van der Waals surface area (Å²) in [5, 5.41) is 8.58. The van der Waals surface area contributed by atoms with E-state index in [4.69, 9.17) is 5.11 Å². The first-order valence-electron chi connectivity index (χ1n) is 4.73. The van der Waals surface area contributed by atoms with Gasteiger partial charge in [0, 0.05) is 6.61 Å². The fraction of sp³-hybridized carbons (Fsp3) is 0.250. The van der Waals surface area contributed by atoms with E-state index in [0.29, 0.717) is 12.0 Å². The SMILES string of the molecule is COC(=O)c1ccc(/C=C/CCO)cc1. The lowest BCUT2D eigenvalue weighted by molar-refractivity contribution is 0.0601. The molecule has 0 aromatic heterocycles. The highest BCUT2D eigenvalue weighted by atomic mass is 16.5. The molecular weight excluding hydrogens is 192 g/mol. The molecule has 0 radical (unpaired) electrons. The van der Waals surface area contributed by atoms with Crippen molar-refractivity contribution >= 4 is 12.0 Å². The molecule has 15 heavy (non-hydrogen) atoms. The van der Waals surface area contributed by atoms with Crippen LogP contribution in [0.25, 0.3) is 6.08 Å². The van der Waals surface area contributed by atoms with Gasteiger partial charge in [0.05, 0.1) is 12.7 Å². The van der Waals surface area contributed by atoms with Crippen molar-refractivity contribution in [2.75, 3.05) is 13.7 Å². The van der Waals surface area contributed by atoms with Gasteiger partial charge in [0.25, 0.3) is 0 Å². The average molecular weight is 206 g/mol. The number of aliphatic hydroxyl groups is 1. The molecule has 0 aliphatic carbocycles. The first kappa shape index (κ1) is 11.5. The Bertz CT molecular complexity index is 338. The molecule has 1 N–H and O–H groups in total. The van der Waals surface area contributed by atoms with Crippen molar-refractivity contribution in [3.63, 3.8) is 0 Å². The number of carbonyl (C=O) groups excluding carboxylic acids is 1. The minimum absolute atomic E-state index is 0.150. The highest BCUT2D eigenvalue weighted by molar-refractivity contribution is 5.89. The molecule has 1 aromatic rings. The van der Waals surface area contributed by atoms with Crippen LogP contribution in [0.4, 0.5) is 0 Å². The summed E-state index contributed by atoms with van der Waals surface area (Å²) in [6.45, 7) is 0.150. The molecule has 3 heteroatoms. The predicted molar refractivity (Wildman–Crippen MR) is 58.5 cm³/mol. The van der Waals surface area contributed by atoms with Crippen LogP contribution in [0.2, 0.25) is 0 Å². The fourth-order valence-electron chi connectivity index (χ4n) is 1.14. The Kier molecular flexibility index (Phi) is 4.57. The molecule has 0 heterocycles. The Morgan fingerprint density at radius 3 is 2.60 bits per heavy atom. The van der Waals surface area contributed by atoms with Crippen LogP contribution in [0.1, 0.15) is 22.3 Å². The molecule has 80 valence electrons. The molecule has 3 nitrogen and oxygen atoms in total. The Balaban J connectivity index is 2.68. The third kappa shape index (κ3) is 3.56. The largest absolute Gasteiger partial charge is 0.465 e. The Morgan fingerprint density at radius 1 is 1.40 bits per heavy atom. The number of ether oxygens (including phenoxy) is 1. The van der Waals surface area contributed by atoms with E-state index in [0.717, 1.165) is 5.56 Å². The van der Waals surface area contributed by atoms with Crippen molar-refractivity contribution in [3.05, 3.63) is 41.5 Å². The van der Waals surface area contributed by atoms with Crippen LogP contribution in [0.5, 0.6) is 0 Å². The Hall–Kier alpha value is -1.61. The van der Waals surface area contributed by atoms with E-state index in [2.05, 4.69) is 4.74 Å². The molecule has 1 aromatic carbocycles. The summed E-state index contributed by atoms with van der Waals surface area (Å²) in [6.07, 6.45) is 4.42. The van der Waals surface area contributed by atoms with Gasteiger partial charge in [-0.2, -0.15) is 0 Å². The standard InChI is InChI=1S/C12H14O3/c1-15-12(14)11-7-5-10(6-8-11)4-2-3-9-13/h2,4-8,13H,3,9H2,1H3/b4-2+. The van der Waals surface area contributed by atoms with Gasteiger partial charge in [0.2, 0.25) is 0 Å². The predicted octanol–water partition coefficient (Wildman–Crippen LogP) is 1.87. The maximum absolute atomic E-state index is 11.1. The molecule has 0 bridgehead atoms. The third-order valence-electron chi connectivity index (χ3n) is 1.94. The van der Waals surface area contributed by atoms with Crippen LogP contribution in [0.15, 0.2) is 30.3 Å². The number of methoxy groups -OCH3 is 1. The van der Waals surface area contributed by atoms with Crippen molar-refractivity contribution in [2.24, 2.45) is 0 Å². The number of aliphatic hydroxyl groups excluding tert-OH is 1. The fourth-order valence-corrected chi connectivity index (χ4v) is 1.14. The van der Waals surface area contributed by atoms with Crippen molar-refractivity contribution < 1.29 is 14.6 Å². The summed E-state index contributed by atoms with van der Waals surface area (Å²) in [7, 11) is 1.36. The molecule has 0 amide bonds. The minimum Gasteiger partial charge on any atom is -0.465 e. The number of rotatable bonds is 4. The Labute approximate surface area is 89.0 Å². The van der Waals surface area contributed by atoms with Gasteiger partial charge in [-0.15, -0.1) is 0 Å². The highest BCUT2D eigenvalue weighted by Gasteiger charge is 2.02. The summed E-state index contributed by atoms with van der Waals surface area (Å²) in [6, 6.07) is 7.09. The summed E-state index contributed by atoms with van der Waals surface area (Å²) >= 11 is 0. The molecule has 0 unspecified atom stereocenters. The molecule has 0 aliphatic rings. The number of hydrogen-bond donors (Lipinski definition) is 1. The van der Waals surface area contributed by atoms with Gasteiger partial charge in [-0.05, 0) is 24.1 Å². The van der Waals surface area contributed by atoms with Gasteiger partial charge in [0.1, 0.15) is 0 Å². The number of hydrogen-bond acceptors (Lipinski definition) is 3. The zero-order chi connectivity index (χ0) is 11.1. The number of esters is 1. The number of benzene rings is 1. The summed E-state index contributed by atoms with van der Waals surface area (Å²) in [5.74, 6) is -0.333. The van der Waals surface area contributed by atoms with E-state index >= 15 is 0 Å². The lowest BCUT2D eigenvalue weighted by Gasteiger charge is -1.99. The van der Waals surface area contributed by atoms with Crippen molar-refractivity contribution in [1.29, 1.82) is 0 Å². The third-order valence-corrected chi connectivity index (χ3v) is 1.94. The quantitative estimate of drug-likeness (QED) is 0.765. The number of carbonyl (C=O) groups is 1. The van der Waals surface area contributed by atoms with Crippen LogP contribution in [0, 0.1) is 0 Å². The van der Waals surface area contributed by atoms with Crippen LogP contribution in [0.3, 0.4) is 0 Å². The van der Waals surface area contributed by atoms with E-state index in [1.165, 1.54) is 7.11 Å². The van der Waals surface area contributed by atoms with Crippen LogP contribution < -0.4 is 0 Å². The van der Waals surface area contributed by atoms with Crippen LogP contribution in [-0.4, -0.2) is 24.8 Å². The molecule has 0 saturated carbocycles. The maximum atomic E-state index is 11.1. The van der Waals surface area contributed by atoms with E-state index in [1.807, 2.05) is 24.3 Å². The Morgan fingerprint density at radius 2 is 2.07 bits per heavy atom. The summed E-state index contributed by atoms with van der Waals surface area (Å²) < 4.78 is 4.58. The van der Waals surface area contributed by atoms with Crippen molar-refractivity contribution in [1.82, 2.24) is 0 Å². The van der Waals surface area contributed by atoms with Crippen LogP contribution >= 0.6 is 0 Å². The van der Waals surface area contributed by atoms with E-state index in [-0.39, 0.29) is 12.6 Å². The first-order chi connectivity index (χ1) is 7.27. The van der Waals surface area contributed by atoms with Gasteiger partial charge < -0.3 is 9.84 Å². The van der Waals surface area contributed by atoms with Gasteiger partial charge in [0.15, 0.2) is 0 Å². The second kappa shape index (κ2) is 5.98. The van der Waals surface area contributed by atoms with Gasteiger partial charge in [-0.3, -0.25) is 0 Å². The molecular formula is C12H14O3. The monoisotopic (exact) mass is 206 g/mol. The second-order valence-corrected chi connectivity index (χ2v) is 3.03. The summed E-state index contributed by atoms with van der Waals surface area (Å²) in [5.41, 5.74) is 1.54. The van der Waals surface area contributed by atoms with E-state index in [1.54, 1.807) is 12.1 Å². The van der Waals surface area contributed by atoms with Gasteiger partial charge in [-0.1, -0.05) is 24.3 Å². The van der Waals surface area contributed by atoms with Gasteiger partial charge in [-0.25, -0.2) is 4.79 Å². The summed E-state index contributed by atoms with van der Waals surface area (Å²) in [4.78, 5) is 11.1. The topological polar surface area (TPSA) is 46.5 Å². The highest BCUT2D eigenvalue weighted by Crippen LogP contribution is 2.07. The van der Waals surface area contributed by atoms with Crippen molar-refractivity contribution in [3.8, 4) is 0 Å². The molecule has 0 atom stereocenters. The zero-order valence-corrected chi connectivity index (χ0v) is 8.64. The zero-order valence-electron chi connectivity index (χ0n) is 8.64. The minimum atomic E-state index is -0.333. The lowest BCUT2D eigenvalue weighted by atomic mass is 10.1. The van der Waals surface area contributed by atoms with Gasteiger partial charge >= 0.3 is 5.97 Å².